The summed E-state index contributed by atoms with van der Waals surface area (Å²) in [5.74, 6) is 0. The Morgan fingerprint density at radius 3 is 1.62 bits per heavy atom. The quantitative estimate of drug-likeness (QED) is 0.187. The van der Waals surface area contributed by atoms with Gasteiger partial charge in [-0.15, -0.1) is 0 Å². The fraction of sp³-hybridized carbons (Fsp3) is 0. The summed E-state index contributed by atoms with van der Waals surface area (Å²) >= 11 is 0. The molecule has 1 heterocycles. The van der Waals surface area contributed by atoms with Gasteiger partial charge in [-0.3, -0.25) is 0 Å². The van der Waals surface area contributed by atoms with E-state index in [1.165, 1.54) is 0 Å². The Balaban J connectivity index is 1.47. The predicted molar refractivity (Wildman–Crippen MR) is 190 cm³/mol. The van der Waals surface area contributed by atoms with Crippen LogP contribution in [0.15, 0.2) is 174 Å². The molecule has 1 nitrogen and oxygen atoms in total. The van der Waals surface area contributed by atoms with Crippen molar-refractivity contribution in [2.45, 2.75) is 0 Å². The fourth-order valence-corrected chi connectivity index (χ4v) is 6.02. The van der Waals surface area contributed by atoms with Gasteiger partial charge in [-0.05, 0) is 84.2 Å². The third-order valence-corrected chi connectivity index (χ3v) is 7.94. The highest BCUT2D eigenvalue weighted by Crippen LogP contribution is 2.48. The Kier molecular flexibility index (Phi) is 3.39. The predicted octanol–water partition coefficient (Wildman–Crippen LogP) is 12.6. The van der Waals surface area contributed by atoms with E-state index in [1.54, 1.807) is 78.9 Å². The Labute approximate surface area is 282 Å². The maximum atomic E-state index is 9.92. The summed E-state index contributed by atoms with van der Waals surface area (Å²) in [6.45, 7) is 0. The van der Waals surface area contributed by atoms with E-state index in [0.717, 1.165) is 0 Å². The van der Waals surface area contributed by atoms with Crippen LogP contribution in [0, 0.1) is 0 Å². The highest BCUT2D eigenvalue weighted by Gasteiger charge is 2.21. The molecule has 210 valence electrons. The molecule has 9 rings (SSSR count). The highest BCUT2D eigenvalue weighted by molar-refractivity contribution is 6.26. The molecule has 0 unspecified atom stereocenters. The van der Waals surface area contributed by atoms with E-state index in [0.29, 0.717) is 32.7 Å². The van der Waals surface area contributed by atoms with Gasteiger partial charge in [-0.1, -0.05) is 151 Å². The molecule has 0 amide bonds. The summed E-state index contributed by atoms with van der Waals surface area (Å²) in [5.41, 5.74) is 0.373. The van der Waals surface area contributed by atoms with E-state index in [-0.39, 0.29) is 56.3 Å². The highest BCUT2D eigenvalue weighted by atomic mass is 16.3. The van der Waals surface area contributed by atoms with Crippen LogP contribution in [0.25, 0.3) is 88.0 Å². The molecule has 8 aromatic carbocycles. The first-order valence-electron chi connectivity index (χ1n) is 21.7. The Morgan fingerprint density at radius 1 is 0.378 bits per heavy atom. The maximum Gasteiger partial charge on any atom is 0.136 e. The molecular formula is C44H28O. The third-order valence-electron chi connectivity index (χ3n) is 7.94. The average Bonchev–Trinajstić information content (AvgIpc) is 3.66. The SMILES string of the molecule is [2H]c1c([2H])c([2H])c(-c2c([2H])c([2H])c(-c3c4ccccc4c(-c4c([2H])c(-c5ccccc5)c([2H])c5oc6c([2H])c([2H])c([2H])c([2H])c6c45)c4ccccc34)c([2H])c2[2H])c([2H])c1[2H]. The van der Waals surface area contributed by atoms with Crippen molar-refractivity contribution in [2.24, 2.45) is 0 Å². The Hall–Kier alpha value is -5.92. The zero-order valence-corrected chi connectivity index (χ0v) is 23.4. The number of hydrogen-bond donors (Lipinski definition) is 0. The number of hydrogen-bond acceptors (Lipinski definition) is 1. The van der Waals surface area contributed by atoms with E-state index in [4.69, 9.17) is 16.8 Å². The lowest BCUT2D eigenvalue weighted by atomic mass is 9.84. The smallest absolute Gasteiger partial charge is 0.136 e. The van der Waals surface area contributed by atoms with Crippen LogP contribution >= 0.6 is 0 Å². The van der Waals surface area contributed by atoms with Crippen molar-refractivity contribution in [3.8, 4) is 44.5 Å². The van der Waals surface area contributed by atoms with Crippen LogP contribution in [0.2, 0.25) is 0 Å². The number of rotatable bonds is 4. The molecule has 0 spiro atoms. The number of para-hydroxylation sites is 1. The molecule has 9 aromatic rings. The van der Waals surface area contributed by atoms with E-state index in [2.05, 4.69) is 0 Å². The molecule has 0 aliphatic carbocycles. The second-order valence-electron chi connectivity index (χ2n) is 10.5. The Morgan fingerprint density at radius 2 is 0.933 bits per heavy atom. The largest absolute Gasteiger partial charge is 0.456 e. The van der Waals surface area contributed by atoms with Gasteiger partial charge in [-0.2, -0.15) is 0 Å². The minimum absolute atomic E-state index is 0.00678. The van der Waals surface area contributed by atoms with Crippen molar-refractivity contribution < 1.29 is 25.0 Å². The van der Waals surface area contributed by atoms with Crippen molar-refractivity contribution in [1.82, 2.24) is 0 Å². The molecule has 0 fully saturated rings. The first-order chi connectivity index (χ1) is 28.6. The fourth-order valence-electron chi connectivity index (χ4n) is 6.02. The monoisotopic (exact) mass is 587 g/mol. The molecule has 0 atom stereocenters. The zero-order valence-electron chi connectivity index (χ0n) is 38.4. The van der Waals surface area contributed by atoms with Gasteiger partial charge in [0, 0.05) is 10.8 Å². The third kappa shape index (κ3) is 4.17. The summed E-state index contributed by atoms with van der Waals surface area (Å²) in [6, 6.07) is 14.9. The molecule has 0 N–H and O–H groups in total. The van der Waals surface area contributed by atoms with Crippen molar-refractivity contribution in [1.29, 1.82) is 0 Å². The molecule has 1 heteroatoms. The van der Waals surface area contributed by atoms with Crippen LogP contribution in [0.3, 0.4) is 0 Å². The molecule has 0 saturated carbocycles. The average molecular weight is 588 g/mol. The van der Waals surface area contributed by atoms with E-state index in [9.17, 15) is 8.22 Å². The van der Waals surface area contributed by atoms with Crippen LogP contribution in [0.1, 0.15) is 20.6 Å². The van der Waals surface area contributed by atoms with E-state index < -0.39 is 89.7 Å². The Bertz CT molecular complexity index is 3260. The summed E-state index contributed by atoms with van der Waals surface area (Å²) in [5, 5.41) is 1.93. The molecule has 0 radical (unpaired) electrons. The van der Waals surface area contributed by atoms with Crippen LogP contribution in [0.4, 0.5) is 0 Å². The van der Waals surface area contributed by atoms with Crippen molar-refractivity contribution in [3.05, 3.63) is 169 Å². The molecule has 0 saturated heterocycles. The van der Waals surface area contributed by atoms with Crippen molar-refractivity contribution in [3.63, 3.8) is 0 Å². The minimum atomic E-state index is -0.683. The lowest BCUT2D eigenvalue weighted by molar-refractivity contribution is 0.669. The van der Waals surface area contributed by atoms with Gasteiger partial charge < -0.3 is 4.42 Å². The summed E-state index contributed by atoms with van der Waals surface area (Å²) < 4.78 is 139. The summed E-state index contributed by atoms with van der Waals surface area (Å²) in [6.07, 6.45) is 0. The number of fused-ring (bicyclic) bond motifs is 5. The summed E-state index contributed by atoms with van der Waals surface area (Å²) in [7, 11) is 0. The van der Waals surface area contributed by atoms with Crippen molar-refractivity contribution in [2.75, 3.05) is 0 Å². The molecular weight excluding hydrogens is 544 g/mol. The van der Waals surface area contributed by atoms with Gasteiger partial charge in [0.25, 0.3) is 0 Å². The van der Waals surface area contributed by atoms with Gasteiger partial charge in [-0.25, -0.2) is 0 Å². The minimum Gasteiger partial charge on any atom is -0.456 e. The van der Waals surface area contributed by atoms with Crippen LogP contribution in [-0.2, 0) is 0 Å². The molecule has 45 heavy (non-hydrogen) atoms. The number of furan rings is 1. The van der Waals surface area contributed by atoms with Crippen LogP contribution in [0.5, 0.6) is 0 Å². The molecule has 0 bridgehead atoms. The van der Waals surface area contributed by atoms with Gasteiger partial charge >= 0.3 is 0 Å². The second-order valence-corrected chi connectivity index (χ2v) is 10.5. The van der Waals surface area contributed by atoms with E-state index in [1.807, 2.05) is 0 Å². The van der Waals surface area contributed by atoms with E-state index >= 15 is 0 Å². The normalized spacial score (nSPS) is 16.2. The standard InChI is InChI=1S/C44H28O/c1-3-13-29(14-4-1)31-23-25-32(26-24-31)42-34-17-7-9-19-36(34)43(37-20-10-8-18-35(37)42)39-27-33(30-15-5-2-6-16-30)28-41-44(39)38-21-11-12-22-40(38)45-41/h1-28H/i1D,3D,4D,11D,12D,13D,14D,21D,22D,23D,24D,25D,26D,27D,28D. The van der Waals surface area contributed by atoms with Gasteiger partial charge in [0.1, 0.15) is 11.2 Å². The molecule has 0 aliphatic heterocycles. The number of benzene rings is 8. The van der Waals surface area contributed by atoms with Crippen LogP contribution in [-0.4, -0.2) is 0 Å². The van der Waals surface area contributed by atoms with Crippen LogP contribution < -0.4 is 0 Å². The lowest BCUT2D eigenvalue weighted by Gasteiger charge is -2.19. The topological polar surface area (TPSA) is 13.1 Å². The maximum absolute atomic E-state index is 9.92. The first kappa shape index (κ1) is 14.7. The van der Waals surface area contributed by atoms with Crippen molar-refractivity contribution >= 4 is 43.5 Å². The summed E-state index contributed by atoms with van der Waals surface area (Å²) in [4.78, 5) is 0. The van der Waals surface area contributed by atoms with Gasteiger partial charge in [0.2, 0.25) is 0 Å². The van der Waals surface area contributed by atoms with Gasteiger partial charge in [0.15, 0.2) is 0 Å². The first-order valence-corrected chi connectivity index (χ1v) is 14.2. The second kappa shape index (κ2) is 10.4. The lowest BCUT2D eigenvalue weighted by Crippen LogP contribution is -1.92. The zero-order chi connectivity index (χ0) is 42.8. The van der Waals surface area contributed by atoms with Gasteiger partial charge in [0.05, 0.1) is 20.6 Å². The molecule has 0 aliphatic rings. The molecule has 1 aromatic heterocycles.